The molecule has 5 nitrogen and oxygen atoms in total. The number of nitrogens with one attached hydrogen (secondary N) is 1. The molecule has 0 saturated heterocycles. The van der Waals surface area contributed by atoms with Gasteiger partial charge in [0.05, 0.1) is 19.3 Å². The lowest BCUT2D eigenvalue weighted by atomic mass is 10.0. The Morgan fingerprint density at radius 1 is 0.893 bits per heavy atom. The largest absolute Gasteiger partial charge is 0.490 e. The summed E-state index contributed by atoms with van der Waals surface area (Å²) >= 11 is 0. The summed E-state index contributed by atoms with van der Waals surface area (Å²) in [5.74, 6) is 2.31. The van der Waals surface area contributed by atoms with E-state index in [2.05, 4.69) is 19.2 Å². The first-order valence-corrected chi connectivity index (χ1v) is 9.86. The highest BCUT2D eigenvalue weighted by Gasteiger charge is 2.15. The molecule has 5 heteroatoms. The SMILES string of the molecule is CCOc1ccc([C@H](C)NC(=O)COc2ccccc2C(C)C)cc1OCC. The number of rotatable bonds is 10. The van der Waals surface area contributed by atoms with Crippen LogP contribution in [0.5, 0.6) is 17.2 Å². The Balaban J connectivity index is 1.99. The fourth-order valence-electron chi connectivity index (χ4n) is 2.94. The van der Waals surface area contributed by atoms with Gasteiger partial charge in [0, 0.05) is 0 Å². The fraction of sp³-hybridized carbons (Fsp3) is 0.435. The first kappa shape index (κ1) is 21.6. The van der Waals surface area contributed by atoms with E-state index in [0.717, 1.165) is 16.9 Å². The Morgan fingerprint density at radius 2 is 1.57 bits per heavy atom. The van der Waals surface area contributed by atoms with Gasteiger partial charge in [-0.2, -0.15) is 0 Å². The maximum atomic E-state index is 12.4. The van der Waals surface area contributed by atoms with E-state index in [0.29, 0.717) is 30.6 Å². The van der Waals surface area contributed by atoms with Gasteiger partial charge in [0.15, 0.2) is 18.1 Å². The minimum Gasteiger partial charge on any atom is -0.490 e. The molecule has 0 aliphatic heterocycles. The van der Waals surface area contributed by atoms with Crippen molar-refractivity contribution in [2.45, 2.75) is 46.6 Å². The van der Waals surface area contributed by atoms with Crippen molar-refractivity contribution < 1.29 is 19.0 Å². The molecule has 2 aromatic rings. The Kier molecular flexibility index (Phi) is 8.18. The molecular weight excluding hydrogens is 354 g/mol. The number of para-hydroxylation sites is 1. The van der Waals surface area contributed by atoms with E-state index in [1.807, 2.05) is 63.2 Å². The van der Waals surface area contributed by atoms with Gasteiger partial charge in [-0.15, -0.1) is 0 Å². The maximum absolute atomic E-state index is 12.4. The minimum absolute atomic E-state index is 0.0244. The molecule has 0 spiro atoms. The molecule has 0 heterocycles. The van der Waals surface area contributed by atoms with E-state index < -0.39 is 0 Å². The summed E-state index contributed by atoms with van der Waals surface area (Å²) in [6, 6.07) is 13.4. The lowest BCUT2D eigenvalue weighted by Crippen LogP contribution is -2.31. The Hall–Kier alpha value is -2.69. The number of carbonyl (C=O) groups is 1. The molecule has 2 aromatic carbocycles. The highest BCUT2D eigenvalue weighted by molar-refractivity contribution is 5.78. The van der Waals surface area contributed by atoms with Crippen molar-refractivity contribution >= 4 is 5.91 Å². The van der Waals surface area contributed by atoms with Crippen molar-refractivity contribution in [2.75, 3.05) is 19.8 Å². The van der Waals surface area contributed by atoms with Gasteiger partial charge in [-0.05, 0) is 56.0 Å². The molecule has 1 N–H and O–H groups in total. The van der Waals surface area contributed by atoms with Crippen molar-refractivity contribution in [1.29, 1.82) is 0 Å². The van der Waals surface area contributed by atoms with E-state index in [4.69, 9.17) is 14.2 Å². The molecule has 2 rings (SSSR count). The van der Waals surface area contributed by atoms with Gasteiger partial charge in [0.2, 0.25) is 0 Å². The molecule has 0 unspecified atom stereocenters. The van der Waals surface area contributed by atoms with Crippen LogP contribution in [0.25, 0.3) is 0 Å². The van der Waals surface area contributed by atoms with Crippen molar-refractivity contribution in [3.8, 4) is 17.2 Å². The van der Waals surface area contributed by atoms with Crippen LogP contribution in [-0.4, -0.2) is 25.7 Å². The van der Waals surface area contributed by atoms with Gasteiger partial charge in [-0.3, -0.25) is 4.79 Å². The van der Waals surface area contributed by atoms with E-state index in [1.165, 1.54) is 0 Å². The van der Waals surface area contributed by atoms with Crippen LogP contribution in [0.3, 0.4) is 0 Å². The second-order valence-corrected chi connectivity index (χ2v) is 6.84. The van der Waals surface area contributed by atoms with Crippen LogP contribution >= 0.6 is 0 Å². The highest BCUT2D eigenvalue weighted by atomic mass is 16.5. The monoisotopic (exact) mass is 385 g/mol. The van der Waals surface area contributed by atoms with E-state index in [9.17, 15) is 4.79 Å². The lowest BCUT2D eigenvalue weighted by molar-refractivity contribution is -0.123. The molecule has 0 radical (unpaired) electrons. The summed E-state index contributed by atoms with van der Waals surface area (Å²) in [7, 11) is 0. The number of amides is 1. The Bertz CT molecular complexity index is 773. The van der Waals surface area contributed by atoms with Crippen LogP contribution in [0.4, 0.5) is 0 Å². The third kappa shape index (κ3) is 5.91. The zero-order chi connectivity index (χ0) is 20.5. The zero-order valence-corrected chi connectivity index (χ0v) is 17.5. The summed E-state index contributed by atoms with van der Waals surface area (Å²) in [6.45, 7) is 11.1. The maximum Gasteiger partial charge on any atom is 0.258 e. The zero-order valence-electron chi connectivity index (χ0n) is 17.5. The van der Waals surface area contributed by atoms with E-state index in [-0.39, 0.29) is 18.6 Å². The molecule has 0 fully saturated rings. The van der Waals surface area contributed by atoms with Crippen molar-refractivity contribution in [1.82, 2.24) is 5.32 Å². The van der Waals surface area contributed by atoms with Crippen LogP contribution in [-0.2, 0) is 4.79 Å². The van der Waals surface area contributed by atoms with E-state index in [1.54, 1.807) is 0 Å². The van der Waals surface area contributed by atoms with Gasteiger partial charge in [-0.25, -0.2) is 0 Å². The van der Waals surface area contributed by atoms with Gasteiger partial charge in [0.25, 0.3) is 5.91 Å². The predicted octanol–water partition coefficient (Wildman–Crippen LogP) is 4.86. The van der Waals surface area contributed by atoms with Crippen LogP contribution in [0.2, 0.25) is 0 Å². The van der Waals surface area contributed by atoms with Gasteiger partial charge < -0.3 is 19.5 Å². The number of carbonyl (C=O) groups excluding carboxylic acids is 1. The van der Waals surface area contributed by atoms with Crippen LogP contribution in [0.1, 0.15) is 57.7 Å². The van der Waals surface area contributed by atoms with Crippen LogP contribution in [0.15, 0.2) is 42.5 Å². The summed E-state index contributed by atoms with van der Waals surface area (Å²) in [5.41, 5.74) is 2.04. The van der Waals surface area contributed by atoms with E-state index >= 15 is 0 Å². The summed E-state index contributed by atoms with van der Waals surface area (Å²) < 4.78 is 17.0. The van der Waals surface area contributed by atoms with Gasteiger partial charge in [0.1, 0.15) is 5.75 Å². The minimum atomic E-state index is -0.175. The molecule has 0 aliphatic carbocycles. The molecule has 0 bridgehead atoms. The second-order valence-electron chi connectivity index (χ2n) is 6.84. The average molecular weight is 386 g/mol. The average Bonchev–Trinajstić information content (AvgIpc) is 2.68. The molecule has 1 amide bonds. The highest BCUT2D eigenvalue weighted by Crippen LogP contribution is 2.31. The number of benzene rings is 2. The smallest absolute Gasteiger partial charge is 0.258 e. The molecule has 0 aromatic heterocycles. The molecule has 0 saturated carbocycles. The van der Waals surface area contributed by atoms with Gasteiger partial charge in [-0.1, -0.05) is 38.1 Å². The quantitative estimate of drug-likeness (QED) is 0.634. The number of hydrogen-bond acceptors (Lipinski definition) is 4. The van der Waals surface area contributed by atoms with Gasteiger partial charge >= 0.3 is 0 Å². The predicted molar refractivity (Wildman–Crippen MR) is 111 cm³/mol. The summed E-state index contributed by atoms with van der Waals surface area (Å²) in [5, 5.41) is 2.98. The molecule has 152 valence electrons. The standard InChI is InChI=1S/C23H31NO4/c1-6-26-21-13-12-18(14-22(21)27-7-2)17(5)24-23(25)15-28-20-11-9-8-10-19(20)16(3)4/h8-14,16-17H,6-7,15H2,1-5H3,(H,24,25)/t17-/m0/s1. The lowest BCUT2D eigenvalue weighted by Gasteiger charge is -2.18. The number of ether oxygens (including phenoxy) is 3. The van der Waals surface area contributed by atoms with Crippen LogP contribution < -0.4 is 19.5 Å². The second kappa shape index (κ2) is 10.6. The van der Waals surface area contributed by atoms with Crippen LogP contribution in [0, 0.1) is 0 Å². The van der Waals surface area contributed by atoms with Crippen molar-refractivity contribution in [3.63, 3.8) is 0 Å². The Labute approximate surface area is 168 Å². The first-order chi connectivity index (χ1) is 13.5. The molecule has 0 aliphatic rings. The van der Waals surface area contributed by atoms with Crippen molar-refractivity contribution in [2.24, 2.45) is 0 Å². The van der Waals surface area contributed by atoms with Crippen molar-refractivity contribution in [3.05, 3.63) is 53.6 Å². The first-order valence-electron chi connectivity index (χ1n) is 9.86. The molecule has 28 heavy (non-hydrogen) atoms. The summed E-state index contributed by atoms with van der Waals surface area (Å²) in [4.78, 5) is 12.4. The third-order valence-corrected chi connectivity index (χ3v) is 4.34. The normalized spacial score (nSPS) is 11.8. The fourth-order valence-corrected chi connectivity index (χ4v) is 2.94. The molecular formula is C23H31NO4. The topological polar surface area (TPSA) is 56.8 Å². The Morgan fingerprint density at radius 3 is 2.25 bits per heavy atom. The molecule has 1 atom stereocenters. The number of hydrogen-bond donors (Lipinski definition) is 1. The third-order valence-electron chi connectivity index (χ3n) is 4.34. The summed E-state index contributed by atoms with van der Waals surface area (Å²) in [6.07, 6.45) is 0.